The molecule has 0 saturated heterocycles. The largest absolute Gasteiger partial charge is 0.433 e. The summed E-state index contributed by atoms with van der Waals surface area (Å²) in [7, 11) is 0. The molecule has 10 heteroatoms. The highest BCUT2D eigenvalue weighted by atomic mass is 35.5. The van der Waals surface area contributed by atoms with Crippen molar-refractivity contribution in [3.05, 3.63) is 41.2 Å². The third-order valence-corrected chi connectivity index (χ3v) is 2.96. The lowest BCUT2D eigenvalue weighted by atomic mass is 10.2. The molecule has 0 atom stereocenters. The molecule has 2 aromatic heterocycles. The van der Waals surface area contributed by atoms with Crippen molar-refractivity contribution in [1.29, 1.82) is 0 Å². The summed E-state index contributed by atoms with van der Waals surface area (Å²) in [4.78, 5) is 0. The lowest BCUT2D eigenvalue weighted by Crippen LogP contribution is -2.09. The molecule has 0 unspecified atom stereocenters. The van der Waals surface area contributed by atoms with E-state index < -0.39 is 11.9 Å². The fraction of sp³-hybridized carbons (Fsp3) is 0.0909. The van der Waals surface area contributed by atoms with E-state index in [4.69, 9.17) is 11.6 Å². The van der Waals surface area contributed by atoms with Gasteiger partial charge >= 0.3 is 6.18 Å². The van der Waals surface area contributed by atoms with Crippen LogP contribution in [-0.2, 0) is 6.18 Å². The minimum atomic E-state index is -4.58. The molecule has 21 heavy (non-hydrogen) atoms. The summed E-state index contributed by atoms with van der Waals surface area (Å²) in [6.07, 6.45) is -3.55. The smallest absolute Gasteiger partial charge is 0.273 e. The van der Waals surface area contributed by atoms with Crippen LogP contribution < -0.4 is 0 Å². The number of hydrogen-bond acceptors (Lipinski definition) is 4. The number of benzene rings is 1. The van der Waals surface area contributed by atoms with E-state index in [-0.39, 0.29) is 11.4 Å². The molecule has 108 valence electrons. The predicted molar refractivity (Wildman–Crippen MR) is 66.7 cm³/mol. The van der Waals surface area contributed by atoms with Gasteiger partial charge in [-0.1, -0.05) is 11.6 Å². The van der Waals surface area contributed by atoms with Gasteiger partial charge in [-0.2, -0.15) is 23.0 Å². The van der Waals surface area contributed by atoms with Crippen LogP contribution in [0.15, 0.2) is 30.5 Å². The Kier molecular flexibility index (Phi) is 3.13. The molecular weight excluding hydrogens is 309 g/mol. The van der Waals surface area contributed by atoms with Gasteiger partial charge in [0.1, 0.15) is 0 Å². The van der Waals surface area contributed by atoms with Gasteiger partial charge in [0.2, 0.25) is 0 Å². The van der Waals surface area contributed by atoms with Gasteiger partial charge in [0.15, 0.2) is 11.5 Å². The molecule has 0 saturated carbocycles. The zero-order chi connectivity index (χ0) is 15.0. The number of aromatic nitrogens is 6. The molecule has 0 fully saturated rings. The Hall–Kier alpha value is -2.42. The first-order chi connectivity index (χ1) is 9.97. The Morgan fingerprint density at radius 1 is 1.14 bits per heavy atom. The number of nitrogens with one attached hydrogen (secondary N) is 1. The average Bonchev–Trinajstić information content (AvgIpc) is 3.07. The van der Waals surface area contributed by atoms with Gasteiger partial charge in [-0.25, -0.2) is 0 Å². The van der Waals surface area contributed by atoms with Crippen LogP contribution in [0.5, 0.6) is 0 Å². The van der Waals surface area contributed by atoms with Crippen molar-refractivity contribution in [2.24, 2.45) is 0 Å². The van der Waals surface area contributed by atoms with Gasteiger partial charge in [0.05, 0.1) is 17.4 Å². The summed E-state index contributed by atoms with van der Waals surface area (Å²) < 4.78 is 39.9. The second kappa shape index (κ2) is 4.85. The summed E-state index contributed by atoms with van der Waals surface area (Å²) in [6.45, 7) is 0. The SMILES string of the molecule is FC(F)(F)c1[nH]ncc1-c1nnnn1-c1ccc(Cl)cc1. The van der Waals surface area contributed by atoms with E-state index >= 15 is 0 Å². The first-order valence-electron chi connectivity index (χ1n) is 5.62. The van der Waals surface area contributed by atoms with Crippen molar-refractivity contribution in [2.45, 2.75) is 6.18 Å². The lowest BCUT2D eigenvalue weighted by molar-refractivity contribution is -0.140. The monoisotopic (exact) mass is 314 g/mol. The van der Waals surface area contributed by atoms with Gasteiger partial charge in [-0.15, -0.1) is 5.10 Å². The van der Waals surface area contributed by atoms with Crippen molar-refractivity contribution < 1.29 is 13.2 Å². The number of rotatable bonds is 2. The highest BCUT2D eigenvalue weighted by molar-refractivity contribution is 6.30. The maximum Gasteiger partial charge on any atom is 0.433 e. The number of nitrogens with zero attached hydrogens (tertiary/aromatic N) is 5. The minimum absolute atomic E-state index is 0.0709. The Morgan fingerprint density at radius 3 is 2.52 bits per heavy atom. The highest BCUT2D eigenvalue weighted by Gasteiger charge is 2.37. The van der Waals surface area contributed by atoms with E-state index in [0.717, 1.165) is 6.20 Å². The summed E-state index contributed by atoms with van der Waals surface area (Å²) in [5, 5.41) is 16.6. The molecule has 0 aliphatic heterocycles. The van der Waals surface area contributed by atoms with E-state index in [9.17, 15) is 13.2 Å². The Morgan fingerprint density at radius 2 is 1.86 bits per heavy atom. The van der Waals surface area contributed by atoms with Gasteiger partial charge in [-0.05, 0) is 34.7 Å². The fourth-order valence-corrected chi connectivity index (χ4v) is 1.91. The predicted octanol–water partition coefficient (Wildman–Crippen LogP) is 2.72. The normalized spacial score (nSPS) is 11.8. The van der Waals surface area contributed by atoms with Crippen LogP contribution in [-0.4, -0.2) is 30.4 Å². The number of halogens is 4. The van der Waals surface area contributed by atoms with Crippen molar-refractivity contribution in [1.82, 2.24) is 30.4 Å². The van der Waals surface area contributed by atoms with Crippen molar-refractivity contribution in [3.63, 3.8) is 0 Å². The summed E-state index contributed by atoms with van der Waals surface area (Å²) in [5.74, 6) is -0.0709. The number of alkyl halides is 3. The maximum absolute atomic E-state index is 12.9. The average molecular weight is 315 g/mol. The standard InChI is InChI=1S/C11H6ClF3N6/c12-6-1-3-7(4-2-6)21-10(18-19-20-21)8-5-16-17-9(8)11(13,14)15/h1-5H,(H,16,17). The first kappa shape index (κ1) is 13.6. The van der Waals surface area contributed by atoms with E-state index in [1.165, 1.54) is 4.68 Å². The van der Waals surface area contributed by atoms with E-state index in [1.54, 1.807) is 24.3 Å². The van der Waals surface area contributed by atoms with E-state index in [1.807, 2.05) is 5.10 Å². The van der Waals surface area contributed by atoms with Crippen molar-refractivity contribution in [3.8, 4) is 17.1 Å². The lowest BCUT2D eigenvalue weighted by Gasteiger charge is -2.07. The Bertz CT molecular complexity index is 761. The van der Waals surface area contributed by atoms with Gasteiger partial charge in [0.25, 0.3) is 0 Å². The van der Waals surface area contributed by atoms with Crippen LogP contribution in [0.3, 0.4) is 0 Å². The number of tetrazole rings is 1. The summed E-state index contributed by atoms with van der Waals surface area (Å²) in [6, 6.07) is 6.36. The van der Waals surface area contributed by atoms with Crippen LogP contribution >= 0.6 is 11.6 Å². The fourth-order valence-electron chi connectivity index (χ4n) is 1.78. The molecule has 1 aromatic carbocycles. The molecule has 1 N–H and O–H groups in total. The van der Waals surface area contributed by atoms with Gasteiger partial charge < -0.3 is 0 Å². The molecule has 3 aromatic rings. The molecule has 3 rings (SSSR count). The molecule has 0 aliphatic rings. The first-order valence-corrected chi connectivity index (χ1v) is 6.00. The Balaban J connectivity index is 2.12. The molecule has 0 radical (unpaired) electrons. The molecule has 0 bridgehead atoms. The van der Waals surface area contributed by atoms with E-state index in [0.29, 0.717) is 10.7 Å². The maximum atomic E-state index is 12.9. The zero-order valence-electron chi connectivity index (χ0n) is 10.1. The second-order valence-corrected chi connectivity index (χ2v) is 4.48. The number of hydrogen-bond donors (Lipinski definition) is 1. The summed E-state index contributed by atoms with van der Waals surface area (Å²) >= 11 is 5.77. The summed E-state index contributed by atoms with van der Waals surface area (Å²) in [5.41, 5.74) is -0.760. The van der Waals surface area contributed by atoms with Gasteiger partial charge in [0, 0.05) is 5.02 Å². The molecule has 6 nitrogen and oxygen atoms in total. The van der Waals surface area contributed by atoms with Crippen LogP contribution in [0.25, 0.3) is 17.1 Å². The minimum Gasteiger partial charge on any atom is -0.273 e. The molecule has 0 amide bonds. The second-order valence-electron chi connectivity index (χ2n) is 4.05. The van der Waals surface area contributed by atoms with Gasteiger partial charge in [-0.3, -0.25) is 5.10 Å². The Labute approximate surface area is 120 Å². The van der Waals surface area contributed by atoms with E-state index in [2.05, 4.69) is 20.6 Å². The quantitative estimate of drug-likeness (QED) is 0.789. The number of aromatic amines is 1. The van der Waals surface area contributed by atoms with Crippen LogP contribution in [0.2, 0.25) is 5.02 Å². The van der Waals surface area contributed by atoms with Crippen molar-refractivity contribution >= 4 is 11.6 Å². The third kappa shape index (κ3) is 2.47. The highest BCUT2D eigenvalue weighted by Crippen LogP contribution is 2.34. The molecular formula is C11H6ClF3N6. The topological polar surface area (TPSA) is 72.3 Å². The van der Waals surface area contributed by atoms with Crippen LogP contribution in [0.1, 0.15) is 5.69 Å². The third-order valence-electron chi connectivity index (χ3n) is 2.70. The van der Waals surface area contributed by atoms with Crippen LogP contribution in [0.4, 0.5) is 13.2 Å². The number of H-pyrrole nitrogens is 1. The molecule has 2 heterocycles. The zero-order valence-corrected chi connectivity index (χ0v) is 10.9. The molecule has 0 aliphatic carbocycles. The molecule has 0 spiro atoms. The van der Waals surface area contributed by atoms with Crippen molar-refractivity contribution in [2.75, 3.05) is 0 Å². The van der Waals surface area contributed by atoms with Crippen LogP contribution in [0, 0.1) is 0 Å².